The maximum atomic E-state index is 13.1. The first-order valence-electron chi connectivity index (χ1n) is 11.7. The molecule has 1 amide bonds. The average molecular weight is 508 g/mol. The average Bonchev–Trinajstić information content (AvgIpc) is 3.29. The quantitative estimate of drug-likeness (QED) is 0.335. The maximum Gasteiger partial charge on any atom is 0.343 e. The van der Waals surface area contributed by atoms with Crippen LogP contribution < -0.4 is 25.2 Å². The first-order valence-corrected chi connectivity index (χ1v) is 11.7. The van der Waals surface area contributed by atoms with E-state index in [-0.39, 0.29) is 35.2 Å². The van der Waals surface area contributed by atoms with Gasteiger partial charge in [0.05, 0.1) is 44.3 Å². The number of methoxy groups -OCH3 is 3. The number of imidazole rings is 1. The van der Waals surface area contributed by atoms with Crippen LogP contribution in [-0.2, 0) is 11.3 Å². The van der Waals surface area contributed by atoms with E-state index in [0.717, 1.165) is 11.0 Å². The Hall–Kier alpha value is -4.47. The Morgan fingerprint density at radius 3 is 2.57 bits per heavy atom. The lowest BCUT2D eigenvalue weighted by Gasteiger charge is -2.22. The van der Waals surface area contributed by atoms with Gasteiger partial charge < -0.3 is 33.6 Å². The van der Waals surface area contributed by atoms with Crippen molar-refractivity contribution < 1.29 is 28.5 Å². The number of fused-ring (bicyclic) bond motifs is 1. The Balaban J connectivity index is 1.64. The summed E-state index contributed by atoms with van der Waals surface area (Å²) >= 11 is 0. The van der Waals surface area contributed by atoms with E-state index >= 15 is 0 Å². The summed E-state index contributed by atoms with van der Waals surface area (Å²) in [7, 11) is 4.40. The molecule has 0 spiro atoms. The summed E-state index contributed by atoms with van der Waals surface area (Å²) in [6.07, 6.45) is 1.57. The molecule has 0 radical (unpaired) electrons. The molecule has 2 heterocycles. The molecule has 2 aromatic carbocycles. The van der Waals surface area contributed by atoms with E-state index in [9.17, 15) is 14.7 Å². The van der Waals surface area contributed by atoms with Gasteiger partial charge in [-0.3, -0.25) is 4.79 Å². The van der Waals surface area contributed by atoms with Crippen molar-refractivity contribution in [2.24, 2.45) is 0 Å². The highest BCUT2D eigenvalue weighted by Gasteiger charge is 2.30. The molecule has 0 aliphatic carbocycles. The molecule has 0 saturated carbocycles. The lowest BCUT2D eigenvalue weighted by atomic mass is 9.87. The van der Waals surface area contributed by atoms with E-state index in [4.69, 9.17) is 18.6 Å². The summed E-state index contributed by atoms with van der Waals surface area (Å²) in [5.74, 6) is -0.236. The summed E-state index contributed by atoms with van der Waals surface area (Å²) in [5.41, 5.74) is 1.51. The minimum atomic E-state index is -0.888. The number of aryl methyl sites for hydroxylation is 1. The summed E-state index contributed by atoms with van der Waals surface area (Å²) < 4.78 is 23.7. The van der Waals surface area contributed by atoms with Gasteiger partial charge in [-0.15, -0.1) is 0 Å². The molecule has 10 heteroatoms. The lowest BCUT2D eigenvalue weighted by Crippen LogP contribution is -2.29. The van der Waals surface area contributed by atoms with Crippen molar-refractivity contribution in [2.75, 3.05) is 27.9 Å². The molecular formula is C27H29N3O7. The zero-order valence-corrected chi connectivity index (χ0v) is 21.1. The highest BCUT2D eigenvalue weighted by Crippen LogP contribution is 2.45. The zero-order valence-electron chi connectivity index (χ0n) is 21.1. The molecule has 0 bridgehead atoms. The summed E-state index contributed by atoms with van der Waals surface area (Å²) in [5, 5.41) is 13.6. The summed E-state index contributed by atoms with van der Waals surface area (Å²) in [6.45, 7) is 2.40. The van der Waals surface area contributed by atoms with Crippen LogP contribution in [0.3, 0.4) is 0 Å². The number of aromatic hydroxyl groups is 1. The number of hydrogen-bond donors (Lipinski definition) is 2. The molecule has 1 unspecified atom stereocenters. The zero-order chi connectivity index (χ0) is 26.5. The fourth-order valence-electron chi connectivity index (χ4n) is 4.45. The molecule has 0 saturated heterocycles. The van der Waals surface area contributed by atoms with Gasteiger partial charge in [-0.05, 0) is 25.1 Å². The van der Waals surface area contributed by atoms with E-state index in [0.29, 0.717) is 30.2 Å². The van der Waals surface area contributed by atoms with E-state index in [2.05, 4.69) is 10.3 Å². The van der Waals surface area contributed by atoms with Gasteiger partial charge in [-0.25, -0.2) is 9.78 Å². The molecule has 4 rings (SSSR count). The number of benzene rings is 2. The smallest absolute Gasteiger partial charge is 0.343 e. The molecule has 194 valence electrons. The molecule has 10 nitrogen and oxygen atoms in total. The van der Waals surface area contributed by atoms with Gasteiger partial charge >= 0.3 is 5.63 Å². The lowest BCUT2D eigenvalue weighted by molar-refractivity contribution is -0.121. The normalized spacial score (nSPS) is 11.8. The van der Waals surface area contributed by atoms with Crippen LogP contribution in [0.1, 0.15) is 29.2 Å². The van der Waals surface area contributed by atoms with Gasteiger partial charge in [-0.1, -0.05) is 18.2 Å². The van der Waals surface area contributed by atoms with Crippen LogP contribution in [-0.4, -0.2) is 48.4 Å². The minimum Gasteiger partial charge on any atom is -0.507 e. The second-order valence-electron chi connectivity index (χ2n) is 8.40. The van der Waals surface area contributed by atoms with E-state index in [1.54, 1.807) is 25.4 Å². The molecule has 4 aromatic rings. The fraction of sp³-hybridized carbons (Fsp3) is 0.296. The number of hydrogen-bond acceptors (Lipinski definition) is 8. The molecular weight excluding hydrogens is 478 g/mol. The Morgan fingerprint density at radius 2 is 1.86 bits per heavy atom. The number of nitrogens with zero attached hydrogens (tertiary/aromatic N) is 2. The molecule has 0 aliphatic rings. The van der Waals surface area contributed by atoms with Crippen molar-refractivity contribution in [3.63, 3.8) is 0 Å². The van der Waals surface area contributed by atoms with Gasteiger partial charge in [0.2, 0.25) is 11.7 Å². The Labute approximate surface area is 213 Å². The predicted molar refractivity (Wildman–Crippen MR) is 137 cm³/mol. The van der Waals surface area contributed by atoms with Crippen molar-refractivity contribution in [3.8, 4) is 23.0 Å². The van der Waals surface area contributed by atoms with Crippen LogP contribution in [0.5, 0.6) is 23.0 Å². The van der Waals surface area contributed by atoms with Crippen LogP contribution in [0.25, 0.3) is 11.0 Å². The van der Waals surface area contributed by atoms with Crippen molar-refractivity contribution in [1.82, 2.24) is 14.9 Å². The van der Waals surface area contributed by atoms with Crippen molar-refractivity contribution >= 4 is 16.9 Å². The van der Waals surface area contributed by atoms with Crippen LogP contribution in [0.2, 0.25) is 0 Å². The van der Waals surface area contributed by atoms with Crippen LogP contribution in [0, 0.1) is 6.92 Å². The summed E-state index contributed by atoms with van der Waals surface area (Å²) in [6, 6.07) is 12.4. The molecule has 2 aromatic heterocycles. The number of ether oxygens (including phenoxy) is 3. The van der Waals surface area contributed by atoms with E-state index in [1.807, 2.05) is 28.8 Å². The van der Waals surface area contributed by atoms with E-state index in [1.165, 1.54) is 27.4 Å². The number of rotatable bonds is 10. The van der Waals surface area contributed by atoms with Gasteiger partial charge in [0, 0.05) is 37.1 Å². The highest BCUT2D eigenvalue weighted by atomic mass is 16.5. The Morgan fingerprint density at radius 1 is 1.11 bits per heavy atom. The third kappa shape index (κ3) is 5.23. The highest BCUT2D eigenvalue weighted by molar-refractivity contribution is 5.78. The first kappa shape index (κ1) is 25.6. The molecule has 0 aliphatic heterocycles. The predicted octanol–water partition coefficient (Wildman–Crippen LogP) is 3.37. The fourth-order valence-corrected chi connectivity index (χ4v) is 4.45. The SMILES string of the molecule is COc1ccc(C(CC(=O)NCCn2cnc3ccccc32)c2c(O)cc(C)oc2=O)c(OC)c1OC. The maximum absolute atomic E-state index is 13.1. The molecule has 2 N–H and O–H groups in total. The topological polar surface area (TPSA) is 125 Å². The molecule has 1 atom stereocenters. The Bertz CT molecular complexity index is 1470. The molecule has 0 fully saturated rings. The van der Waals surface area contributed by atoms with Crippen LogP contribution >= 0.6 is 0 Å². The largest absolute Gasteiger partial charge is 0.507 e. The second kappa shape index (κ2) is 11.1. The monoisotopic (exact) mass is 507 g/mol. The van der Waals surface area contributed by atoms with Crippen molar-refractivity contribution in [1.29, 1.82) is 0 Å². The van der Waals surface area contributed by atoms with Gasteiger partial charge in [-0.2, -0.15) is 0 Å². The standard InChI is InChI=1S/C27H29N3O7/c1-16-13-21(31)24(27(33)37-16)18(17-9-10-22(34-2)26(36-4)25(17)35-3)14-23(32)28-11-12-30-15-29-19-7-5-6-8-20(19)30/h5-10,13,15,18,31H,11-12,14H2,1-4H3,(H,28,32). The van der Waals surface area contributed by atoms with E-state index < -0.39 is 11.5 Å². The van der Waals surface area contributed by atoms with Gasteiger partial charge in [0.1, 0.15) is 11.5 Å². The third-order valence-electron chi connectivity index (χ3n) is 6.14. The van der Waals surface area contributed by atoms with Crippen molar-refractivity contribution in [2.45, 2.75) is 25.8 Å². The third-order valence-corrected chi connectivity index (χ3v) is 6.14. The summed E-state index contributed by atoms with van der Waals surface area (Å²) in [4.78, 5) is 30.3. The number of carbonyl (C=O) groups excluding carboxylic acids is 1. The number of amides is 1. The van der Waals surface area contributed by atoms with Crippen molar-refractivity contribution in [3.05, 3.63) is 76.1 Å². The number of carbonyl (C=O) groups is 1. The number of aromatic nitrogens is 2. The minimum absolute atomic E-state index is 0.0492. The first-order chi connectivity index (χ1) is 17.9. The van der Waals surface area contributed by atoms with Gasteiger partial charge in [0.15, 0.2) is 11.5 Å². The van der Waals surface area contributed by atoms with Crippen LogP contribution in [0.4, 0.5) is 0 Å². The van der Waals surface area contributed by atoms with Gasteiger partial charge in [0.25, 0.3) is 0 Å². The van der Waals surface area contributed by atoms with Crippen LogP contribution in [0.15, 0.2) is 58.0 Å². The Kier molecular flexibility index (Phi) is 7.66. The number of para-hydroxylation sites is 2. The second-order valence-corrected chi connectivity index (χ2v) is 8.40. The molecule has 37 heavy (non-hydrogen) atoms. The number of nitrogens with one attached hydrogen (secondary N) is 1.